The summed E-state index contributed by atoms with van der Waals surface area (Å²) < 4.78 is 4.89. The quantitative estimate of drug-likeness (QED) is 0.645. The van der Waals surface area contributed by atoms with Crippen molar-refractivity contribution in [1.29, 1.82) is 0 Å². The van der Waals surface area contributed by atoms with Gasteiger partial charge >= 0.3 is 0 Å². The minimum atomic E-state index is -0.715. The topological polar surface area (TPSA) is 26.3 Å². The number of hydrogen-bond donors (Lipinski definition) is 0. The van der Waals surface area contributed by atoms with Crippen LogP contribution in [0.15, 0.2) is 10.6 Å². The summed E-state index contributed by atoms with van der Waals surface area (Å²) in [6.45, 7) is 1.97. The zero-order valence-electron chi connectivity index (χ0n) is 6.43. The Morgan fingerprint density at radius 3 is 2.45 bits per heavy atom. The maximum absolute atomic E-state index is 10.5. The van der Waals surface area contributed by atoms with Crippen molar-refractivity contribution in [2.24, 2.45) is 5.41 Å². The molecular formula is C7H10Cl2O2. The number of rotatable bonds is 4. The van der Waals surface area contributed by atoms with Crippen LogP contribution in [0.5, 0.6) is 0 Å². The Labute approximate surface area is 76.1 Å². The average molecular weight is 197 g/mol. The van der Waals surface area contributed by atoms with Crippen LogP contribution in [-0.4, -0.2) is 20.0 Å². The molecule has 1 atom stereocenters. The van der Waals surface area contributed by atoms with Crippen molar-refractivity contribution in [1.82, 2.24) is 0 Å². The summed E-state index contributed by atoms with van der Waals surface area (Å²) in [6.07, 6.45) is 2.20. The van der Waals surface area contributed by atoms with Gasteiger partial charge in [0.2, 0.25) is 0 Å². The van der Waals surface area contributed by atoms with Crippen molar-refractivity contribution in [3.63, 3.8) is 0 Å². The van der Waals surface area contributed by atoms with Crippen molar-refractivity contribution < 1.29 is 9.53 Å². The van der Waals surface area contributed by atoms with E-state index < -0.39 is 5.41 Å². The van der Waals surface area contributed by atoms with E-state index in [1.807, 2.05) is 0 Å². The normalized spacial score (nSPS) is 15.3. The number of hydrogen-bond acceptors (Lipinski definition) is 2. The van der Waals surface area contributed by atoms with Crippen molar-refractivity contribution in [3.05, 3.63) is 10.6 Å². The molecule has 0 saturated carbocycles. The second-order valence-electron chi connectivity index (χ2n) is 2.49. The summed E-state index contributed by atoms with van der Waals surface area (Å²) in [5.74, 6) is 0. The van der Waals surface area contributed by atoms with E-state index in [1.165, 1.54) is 13.2 Å². The monoisotopic (exact) mass is 196 g/mol. The van der Waals surface area contributed by atoms with Gasteiger partial charge in [-0.3, -0.25) is 0 Å². The molecule has 0 aromatic heterocycles. The predicted molar refractivity (Wildman–Crippen MR) is 45.8 cm³/mol. The molecule has 0 saturated heterocycles. The van der Waals surface area contributed by atoms with E-state index in [1.54, 1.807) is 6.92 Å². The summed E-state index contributed by atoms with van der Waals surface area (Å²) in [6, 6.07) is 0. The maximum Gasteiger partial charge on any atom is 0.132 e. The van der Waals surface area contributed by atoms with Crippen LogP contribution >= 0.6 is 23.2 Å². The van der Waals surface area contributed by atoms with E-state index in [9.17, 15) is 4.79 Å². The van der Waals surface area contributed by atoms with Gasteiger partial charge in [-0.15, -0.1) is 0 Å². The molecular weight excluding hydrogens is 187 g/mol. The number of carbonyl (C=O) groups is 1. The van der Waals surface area contributed by atoms with Crippen LogP contribution in [0, 0.1) is 5.41 Å². The lowest BCUT2D eigenvalue weighted by molar-refractivity contribution is -0.115. The molecule has 0 aliphatic heterocycles. The summed E-state index contributed by atoms with van der Waals surface area (Å²) in [7, 11) is 1.51. The van der Waals surface area contributed by atoms with Gasteiger partial charge in [-0.2, -0.15) is 0 Å². The van der Waals surface area contributed by atoms with Crippen LogP contribution in [0.25, 0.3) is 0 Å². The molecule has 0 radical (unpaired) electrons. The van der Waals surface area contributed by atoms with Gasteiger partial charge < -0.3 is 9.53 Å². The van der Waals surface area contributed by atoms with E-state index in [0.29, 0.717) is 0 Å². The molecule has 0 aliphatic carbocycles. The highest BCUT2D eigenvalue weighted by molar-refractivity contribution is 6.55. The Hall–Kier alpha value is -0.0500. The molecule has 0 spiro atoms. The summed E-state index contributed by atoms with van der Waals surface area (Å²) in [5.41, 5.74) is -0.715. The molecule has 0 rings (SSSR count). The molecule has 0 heterocycles. The van der Waals surface area contributed by atoms with Crippen LogP contribution in [0.2, 0.25) is 0 Å². The Morgan fingerprint density at radius 1 is 1.64 bits per heavy atom. The molecule has 2 nitrogen and oxygen atoms in total. The number of methoxy groups -OCH3 is 1. The SMILES string of the molecule is COCC(C)(C=O)C=C(Cl)Cl. The lowest BCUT2D eigenvalue weighted by Gasteiger charge is -2.16. The van der Waals surface area contributed by atoms with Gasteiger partial charge in [-0.1, -0.05) is 23.2 Å². The number of ether oxygens (including phenoxy) is 1. The highest BCUT2D eigenvalue weighted by atomic mass is 35.5. The van der Waals surface area contributed by atoms with Crippen molar-refractivity contribution >= 4 is 29.5 Å². The predicted octanol–water partition coefficient (Wildman–Crippen LogP) is 2.16. The van der Waals surface area contributed by atoms with Gasteiger partial charge in [-0.25, -0.2) is 0 Å². The van der Waals surface area contributed by atoms with Crippen molar-refractivity contribution in [2.75, 3.05) is 13.7 Å². The van der Waals surface area contributed by atoms with Crippen molar-refractivity contribution in [3.8, 4) is 0 Å². The number of halogens is 2. The molecule has 0 bridgehead atoms. The molecule has 64 valence electrons. The van der Waals surface area contributed by atoms with Gasteiger partial charge in [0.1, 0.15) is 10.8 Å². The van der Waals surface area contributed by atoms with E-state index in [0.717, 1.165) is 6.29 Å². The molecule has 1 unspecified atom stereocenters. The standard InChI is InChI=1S/C7H10Cl2O2/c1-7(4-10,5-11-2)3-6(8)9/h3-4H,5H2,1-2H3. The first-order valence-corrected chi connectivity index (χ1v) is 3.79. The van der Waals surface area contributed by atoms with Gasteiger partial charge in [0.25, 0.3) is 0 Å². The van der Waals surface area contributed by atoms with E-state index in [2.05, 4.69) is 0 Å². The smallest absolute Gasteiger partial charge is 0.132 e. The highest BCUT2D eigenvalue weighted by Crippen LogP contribution is 2.21. The molecule has 0 aliphatic rings. The Balaban J connectivity index is 4.33. The summed E-state index contributed by atoms with van der Waals surface area (Å²) in [5, 5.41) is 0. The van der Waals surface area contributed by atoms with Gasteiger partial charge in [0.05, 0.1) is 12.0 Å². The van der Waals surface area contributed by atoms with Crippen LogP contribution in [0.4, 0.5) is 0 Å². The molecule has 11 heavy (non-hydrogen) atoms. The fourth-order valence-corrected chi connectivity index (χ4v) is 1.17. The van der Waals surface area contributed by atoms with Crippen LogP contribution in [0.3, 0.4) is 0 Å². The molecule has 0 amide bonds. The van der Waals surface area contributed by atoms with E-state index >= 15 is 0 Å². The second kappa shape index (κ2) is 4.75. The lowest BCUT2D eigenvalue weighted by atomic mass is 9.94. The fraction of sp³-hybridized carbons (Fsp3) is 0.571. The largest absolute Gasteiger partial charge is 0.383 e. The summed E-state index contributed by atoms with van der Waals surface area (Å²) in [4.78, 5) is 10.5. The lowest BCUT2D eigenvalue weighted by Crippen LogP contribution is -2.21. The van der Waals surface area contributed by atoms with Gasteiger partial charge in [0.15, 0.2) is 0 Å². The van der Waals surface area contributed by atoms with Gasteiger partial charge in [-0.05, 0) is 13.0 Å². The van der Waals surface area contributed by atoms with E-state index in [4.69, 9.17) is 27.9 Å². The zero-order valence-corrected chi connectivity index (χ0v) is 7.95. The van der Waals surface area contributed by atoms with E-state index in [-0.39, 0.29) is 11.1 Å². The fourth-order valence-electron chi connectivity index (χ4n) is 0.670. The highest BCUT2D eigenvalue weighted by Gasteiger charge is 2.20. The van der Waals surface area contributed by atoms with Crippen LogP contribution in [0.1, 0.15) is 6.92 Å². The average Bonchev–Trinajstić information content (AvgIpc) is 1.87. The molecule has 0 aromatic carbocycles. The van der Waals surface area contributed by atoms with Gasteiger partial charge in [0, 0.05) is 7.11 Å². The van der Waals surface area contributed by atoms with Crippen LogP contribution in [-0.2, 0) is 9.53 Å². The molecule has 0 fully saturated rings. The minimum Gasteiger partial charge on any atom is -0.383 e. The summed E-state index contributed by atoms with van der Waals surface area (Å²) >= 11 is 10.8. The molecule has 4 heteroatoms. The Bertz CT molecular complexity index is 164. The number of aldehydes is 1. The first-order valence-electron chi connectivity index (χ1n) is 3.03. The first-order chi connectivity index (χ1) is 5.04. The third-order valence-electron chi connectivity index (χ3n) is 1.16. The van der Waals surface area contributed by atoms with Crippen molar-refractivity contribution in [2.45, 2.75) is 6.92 Å². The first kappa shape index (κ1) is 11.0. The third-order valence-corrected chi connectivity index (χ3v) is 1.38. The molecule has 0 N–H and O–H groups in total. The zero-order chi connectivity index (χ0) is 8.91. The van der Waals surface area contributed by atoms with Crippen LogP contribution < -0.4 is 0 Å². The second-order valence-corrected chi connectivity index (χ2v) is 3.50. The third kappa shape index (κ3) is 4.40. The molecule has 0 aromatic rings. The Kier molecular flexibility index (Phi) is 4.73. The minimum absolute atomic E-state index is 0.0802. The number of carbonyl (C=O) groups excluding carboxylic acids is 1. The maximum atomic E-state index is 10.5. The Morgan fingerprint density at radius 2 is 2.18 bits per heavy atom.